The van der Waals surface area contributed by atoms with Gasteiger partial charge in [0, 0.05) is 54.7 Å². The van der Waals surface area contributed by atoms with Crippen LogP contribution in [0.25, 0.3) is 16.8 Å². The van der Waals surface area contributed by atoms with Gasteiger partial charge in [0.2, 0.25) is 10.0 Å². The van der Waals surface area contributed by atoms with Crippen molar-refractivity contribution in [1.29, 1.82) is 0 Å². The lowest BCUT2D eigenvalue weighted by molar-refractivity contribution is 0.571. The Morgan fingerprint density at radius 2 is 1.81 bits per heavy atom. The molecule has 0 saturated carbocycles. The average molecular weight is 382 g/mol. The summed E-state index contributed by atoms with van der Waals surface area (Å²) in [5, 5.41) is 4.74. The van der Waals surface area contributed by atoms with Crippen LogP contribution in [0.4, 0.5) is 0 Å². The molecule has 140 valence electrons. The number of benzene rings is 1. The first-order valence-electron chi connectivity index (χ1n) is 8.70. The first kappa shape index (κ1) is 19.2. The Morgan fingerprint density at radius 3 is 2.63 bits per heavy atom. The van der Waals surface area contributed by atoms with Crippen molar-refractivity contribution in [1.82, 2.24) is 20.0 Å². The van der Waals surface area contributed by atoms with E-state index in [2.05, 4.69) is 20.0 Å². The fourth-order valence-corrected chi connectivity index (χ4v) is 3.95. The van der Waals surface area contributed by atoms with Gasteiger partial charge < -0.3 is 5.32 Å². The second kappa shape index (κ2) is 8.85. The highest BCUT2D eigenvalue weighted by Crippen LogP contribution is 2.21. The molecule has 0 aliphatic rings. The molecule has 3 rings (SSSR count). The smallest absolute Gasteiger partial charge is 0.241 e. The predicted molar refractivity (Wildman–Crippen MR) is 108 cm³/mol. The van der Waals surface area contributed by atoms with Gasteiger partial charge in [-0.05, 0) is 36.8 Å². The van der Waals surface area contributed by atoms with Gasteiger partial charge in [-0.25, -0.2) is 13.1 Å². The zero-order chi connectivity index (χ0) is 19.1. The molecule has 7 heteroatoms. The first-order chi connectivity index (χ1) is 13.1. The number of pyridine rings is 2. The van der Waals surface area contributed by atoms with E-state index in [1.807, 2.05) is 37.3 Å². The summed E-state index contributed by atoms with van der Waals surface area (Å²) in [6.45, 7) is 2.84. The van der Waals surface area contributed by atoms with Gasteiger partial charge in [0.05, 0.1) is 4.90 Å². The fraction of sp³-hybridized carbons (Fsp3) is 0.200. The molecule has 1 atom stereocenters. The number of fused-ring (bicyclic) bond motifs is 1. The molecule has 0 amide bonds. The molecule has 0 fully saturated rings. The van der Waals surface area contributed by atoms with Gasteiger partial charge in [-0.3, -0.25) is 9.97 Å². The molecule has 0 aliphatic carbocycles. The predicted octanol–water partition coefficient (Wildman–Crippen LogP) is 2.60. The minimum Gasteiger partial charge on any atom is -0.309 e. The van der Waals surface area contributed by atoms with E-state index >= 15 is 0 Å². The normalized spacial score (nSPS) is 13.2. The molecule has 0 aliphatic heterocycles. The minimum absolute atomic E-state index is 0.117. The van der Waals surface area contributed by atoms with Crippen molar-refractivity contribution >= 4 is 26.9 Å². The number of aromatic nitrogens is 2. The van der Waals surface area contributed by atoms with E-state index < -0.39 is 10.0 Å². The van der Waals surface area contributed by atoms with E-state index in [4.69, 9.17) is 0 Å². The lowest BCUT2D eigenvalue weighted by Gasteiger charge is -2.12. The number of sulfonamides is 1. The van der Waals surface area contributed by atoms with Crippen LogP contribution in [-0.2, 0) is 10.0 Å². The molecule has 3 aromatic rings. The maximum atomic E-state index is 12.6. The van der Waals surface area contributed by atoms with Crippen molar-refractivity contribution < 1.29 is 8.42 Å². The van der Waals surface area contributed by atoms with E-state index in [0.717, 1.165) is 10.9 Å². The third-order valence-electron chi connectivity index (χ3n) is 4.10. The summed E-state index contributed by atoms with van der Waals surface area (Å²) in [6.07, 6.45) is 10.8. The summed E-state index contributed by atoms with van der Waals surface area (Å²) in [5.74, 6) is 0. The van der Waals surface area contributed by atoms with E-state index in [1.54, 1.807) is 43.0 Å². The van der Waals surface area contributed by atoms with Crippen molar-refractivity contribution in [2.45, 2.75) is 17.9 Å². The van der Waals surface area contributed by atoms with Crippen molar-refractivity contribution in [3.63, 3.8) is 0 Å². The molecule has 2 N–H and O–H groups in total. The Bertz CT molecular complexity index is 1020. The van der Waals surface area contributed by atoms with Crippen molar-refractivity contribution in [3.05, 3.63) is 72.8 Å². The SMILES string of the molecule is CC(C=Cc1ccncc1)NCCNS(=O)(=O)c1cccc2cnccc12. The number of nitrogens with one attached hydrogen (secondary N) is 2. The Balaban J connectivity index is 1.54. The zero-order valence-corrected chi connectivity index (χ0v) is 15.9. The number of nitrogens with zero attached hydrogens (tertiary/aromatic N) is 2. The second-order valence-electron chi connectivity index (χ2n) is 6.13. The maximum absolute atomic E-state index is 12.6. The number of hydrogen-bond donors (Lipinski definition) is 2. The largest absolute Gasteiger partial charge is 0.309 e. The van der Waals surface area contributed by atoms with Crippen LogP contribution in [0.5, 0.6) is 0 Å². The van der Waals surface area contributed by atoms with Crippen LogP contribution in [0, 0.1) is 0 Å². The van der Waals surface area contributed by atoms with E-state index in [-0.39, 0.29) is 10.9 Å². The van der Waals surface area contributed by atoms with Crippen LogP contribution in [0.1, 0.15) is 12.5 Å². The molecule has 0 spiro atoms. The molecular formula is C20H22N4O2S. The van der Waals surface area contributed by atoms with Crippen LogP contribution in [0.2, 0.25) is 0 Å². The monoisotopic (exact) mass is 382 g/mol. The van der Waals surface area contributed by atoms with Gasteiger partial charge in [0.15, 0.2) is 0 Å². The lowest BCUT2D eigenvalue weighted by Crippen LogP contribution is -2.35. The van der Waals surface area contributed by atoms with Crippen LogP contribution in [0.15, 0.2) is 72.2 Å². The first-order valence-corrected chi connectivity index (χ1v) is 10.2. The highest BCUT2D eigenvalue weighted by Gasteiger charge is 2.16. The minimum atomic E-state index is -3.58. The van der Waals surface area contributed by atoms with Gasteiger partial charge in [0.1, 0.15) is 0 Å². The van der Waals surface area contributed by atoms with Gasteiger partial charge in [-0.1, -0.05) is 24.3 Å². The average Bonchev–Trinajstić information content (AvgIpc) is 2.70. The summed E-state index contributed by atoms with van der Waals surface area (Å²) in [5.41, 5.74) is 1.07. The number of hydrogen-bond acceptors (Lipinski definition) is 5. The van der Waals surface area contributed by atoms with Crippen LogP contribution >= 0.6 is 0 Å². The molecule has 6 nitrogen and oxygen atoms in total. The van der Waals surface area contributed by atoms with Gasteiger partial charge in [-0.2, -0.15) is 0 Å². The van der Waals surface area contributed by atoms with Crippen LogP contribution < -0.4 is 10.0 Å². The molecule has 27 heavy (non-hydrogen) atoms. The molecular weight excluding hydrogens is 360 g/mol. The van der Waals surface area contributed by atoms with Gasteiger partial charge >= 0.3 is 0 Å². The molecule has 2 heterocycles. The van der Waals surface area contributed by atoms with Crippen LogP contribution in [-0.4, -0.2) is 37.5 Å². The quantitative estimate of drug-likeness (QED) is 0.585. The Labute approximate surface area is 159 Å². The molecule has 0 bridgehead atoms. The second-order valence-corrected chi connectivity index (χ2v) is 7.87. The Kier molecular flexibility index (Phi) is 6.28. The topological polar surface area (TPSA) is 84.0 Å². The Hall–Kier alpha value is -2.61. The molecule has 0 saturated heterocycles. The van der Waals surface area contributed by atoms with E-state index in [1.165, 1.54) is 0 Å². The summed E-state index contributed by atoms with van der Waals surface area (Å²) in [6, 6.07) is 10.9. The van der Waals surface area contributed by atoms with E-state index in [0.29, 0.717) is 18.5 Å². The highest BCUT2D eigenvalue weighted by atomic mass is 32.2. The molecule has 1 aromatic carbocycles. The van der Waals surface area contributed by atoms with Crippen molar-refractivity contribution in [2.24, 2.45) is 0 Å². The third kappa shape index (κ3) is 5.19. The Morgan fingerprint density at radius 1 is 1.04 bits per heavy atom. The molecule has 1 unspecified atom stereocenters. The fourth-order valence-electron chi connectivity index (χ4n) is 2.69. The van der Waals surface area contributed by atoms with Crippen LogP contribution in [0.3, 0.4) is 0 Å². The summed E-state index contributed by atoms with van der Waals surface area (Å²) >= 11 is 0. The standard InChI is InChI=1S/C20H22N4O2S/c1-16(5-6-17-7-10-21-11-8-17)23-13-14-24-27(25,26)20-4-2-3-18-15-22-12-9-19(18)20/h2-12,15-16,23-24H,13-14H2,1H3. The summed E-state index contributed by atoms with van der Waals surface area (Å²) in [7, 11) is -3.58. The molecule has 2 aromatic heterocycles. The third-order valence-corrected chi connectivity index (χ3v) is 5.62. The number of rotatable bonds is 8. The summed E-state index contributed by atoms with van der Waals surface area (Å²) < 4.78 is 27.9. The molecule has 0 radical (unpaired) electrons. The highest BCUT2D eigenvalue weighted by molar-refractivity contribution is 7.89. The van der Waals surface area contributed by atoms with E-state index in [9.17, 15) is 8.42 Å². The van der Waals surface area contributed by atoms with Crippen molar-refractivity contribution in [3.8, 4) is 0 Å². The lowest BCUT2D eigenvalue weighted by atomic mass is 10.2. The maximum Gasteiger partial charge on any atom is 0.241 e. The van der Waals surface area contributed by atoms with Gasteiger partial charge in [-0.15, -0.1) is 0 Å². The van der Waals surface area contributed by atoms with Gasteiger partial charge in [0.25, 0.3) is 0 Å². The van der Waals surface area contributed by atoms with Crippen molar-refractivity contribution in [2.75, 3.05) is 13.1 Å². The summed E-state index contributed by atoms with van der Waals surface area (Å²) in [4.78, 5) is 8.29. The zero-order valence-electron chi connectivity index (χ0n) is 15.0.